The lowest BCUT2D eigenvalue weighted by atomic mass is 9.71. The van der Waals surface area contributed by atoms with Crippen molar-refractivity contribution in [2.24, 2.45) is 16.7 Å². The maximum Gasteiger partial charge on any atom is 0.403 e. The SMILES string of the molecule is CC(C)(C)OC(=O)[C@@H]1CN(Cc2ccccc2)CC12CN(C(=O)C1(C(F)(F)F)CC1)C2. The van der Waals surface area contributed by atoms with Gasteiger partial charge < -0.3 is 9.64 Å². The third-order valence-electron chi connectivity index (χ3n) is 6.66. The average Bonchev–Trinajstić information content (AvgIpc) is 3.36. The van der Waals surface area contributed by atoms with Gasteiger partial charge in [-0.15, -0.1) is 0 Å². The van der Waals surface area contributed by atoms with Crippen molar-refractivity contribution in [3.63, 3.8) is 0 Å². The molecule has 2 aliphatic heterocycles. The van der Waals surface area contributed by atoms with Crippen molar-refractivity contribution in [1.29, 1.82) is 0 Å². The molecule has 31 heavy (non-hydrogen) atoms. The van der Waals surface area contributed by atoms with E-state index in [9.17, 15) is 22.8 Å². The average molecular weight is 438 g/mol. The van der Waals surface area contributed by atoms with Crippen molar-refractivity contribution >= 4 is 11.9 Å². The van der Waals surface area contributed by atoms with Crippen molar-refractivity contribution in [2.75, 3.05) is 26.2 Å². The predicted molar refractivity (Wildman–Crippen MR) is 108 cm³/mol. The van der Waals surface area contributed by atoms with Crippen LogP contribution >= 0.6 is 0 Å². The molecule has 0 radical (unpaired) electrons. The van der Waals surface area contributed by atoms with Crippen LogP contribution in [-0.2, 0) is 20.9 Å². The Morgan fingerprint density at radius 2 is 1.68 bits per heavy atom. The number of carbonyl (C=O) groups excluding carboxylic acids is 2. The summed E-state index contributed by atoms with van der Waals surface area (Å²) in [6.45, 7) is 7.38. The van der Waals surface area contributed by atoms with E-state index in [0.717, 1.165) is 5.56 Å². The van der Waals surface area contributed by atoms with Crippen LogP contribution in [0.1, 0.15) is 39.2 Å². The third kappa shape index (κ3) is 4.06. The number of amides is 1. The molecule has 8 heteroatoms. The zero-order chi connectivity index (χ0) is 22.7. The van der Waals surface area contributed by atoms with Gasteiger partial charge in [-0.3, -0.25) is 14.5 Å². The Labute approximate surface area is 180 Å². The Balaban J connectivity index is 1.50. The smallest absolute Gasteiger partial charge is 0.403 e. The number of esters is 1. The standard InChI is InChI=1S/C23H29F3N2O3/c1-20(2,3)31-18(29)17-12-27(11-16-7-5-4-6-8-16)13-21(17)14-28(15-21)19(30)22(9-10-22)23(24,25)26/h4-8,17H,9-15H2,1-3H3/t17-/m0/s1. The second-order valence-corrected chi connectivity index (χ2v) is 10.3. The summed E-state index contributed by atoms with van der Waals surface area (Å²) in [5, 5.41) is 0. The van der Waals surface area contributed by atoms with Crippen LogP contribution in [0.2, 0.25) is 0 Å². The van der Waals surface area contributed by atoms with E-state index in [-0.39, 0.29) is 31.9 Å². The zero-order valence-corrected chi connectivity index (χ0v) is 18.2. The number of hydrogen-bond donors (Lipinski definition) is 0. The molecule has 3 fully saturated rings. The number of halogens is 3. The second-order valence-electron chi connectivity index (χ2n) is 10.3. The molecule has 2 saturated heterocycles. The zero-order valence-electron chi connectivity index (χ0n) is 18.2. The van der Waals surface area contributed by atoms with Gasteiger partial charge in [0.2, 0.25) is 5.91 Å². The minimum Gasteiger partial charge on any atom is -0.460 e. The van der Waals surface area contributed by atoms with Gasteiger partial charge in [-0.1, -0.05) is 30.3 Å². The molecule has 0 bridgehead atoms. The van der Waals surface area contributed by atoms with E-state index >= 15 is 0 Å². The van der Waals surface area contributed by atoms with Crippen molar-refractivity contribution in [3.8, 4) is 0 Å². The van der Waals surface area contributed by atoms with Crippen molar-refractivity contribution in [3.05, 3.63) is 35.9 Å². The molecule has 1 atom stereocenters. The highest BCUT2D eigenvalue weighted by Crippen LogP contribution is 2.60. The fraction of sp³-hybridized carbons (Fsp3) is 0.652. The molecule has 1 aromatic rings. The third-order valence-corrected chi connectivity index (χ3v) is 6.66. The Bertz CT molecular complexity index is 853. The van der Waals surface area contributed by atoms with Crippen LogP contribution in [0, 0.1) is 16.7 Å². The van der Waals surface area contributed by atoms with Gasteiger partial charge >= 0.3 is 12.1 Å². The van der Waals surface area contributed by atoms with Crippen LogP contribution < -0.4 is 0 Å². The largest absolute Gasteiger partial charge is 0.460 e. The van der Waals surface area contributed by atoms with Crippen molar-refractivity contribution in [1.82, 2.24) is 9.80 Å². The molecule has 170 valence electrons. The Morgan fingerprint density at radius 1 is 1.06 bits per heavy atom. The van der Waals surface area contributed by atoms with E-state index < -0.39 is 34.4 Å². The number of nitrogens with zero attached hydrogens (tertiary/aromatic N) is 2. The van der Waals surface area contributed by atoms with Crippen molar-refractivity contribution < 1.29 is 27.5 Å². The summed E-state index contributed by atoms with van der Waals surface area (Å²) in [6.07, 6.45) is -4.81. The first-order valence-corrected chi connectivity index (χ1v) is 10.7. The molecule has 5 nitrogen and oxygen atoms in total. The monoisotopic (exact) mass is 438 g/mol. The first-order chi connectivity index (χ1) is 14.4. The van der Waals surface area contributed by atoms with Gasteiger partial charge in [0.25, 0.3) is 0 Å². The van der Waals surface area contributed by atoms with Gasteiger partial charge in [-0.25, -0.2) is 0 Å². The molecule has 1 amide bonds. The molecule has 1 aliphatic carbocycles. The summed E-state index contributed by atoms with van der Waals surface area (Å²) < 4.78 is 45.8. The number of hydrogen-bond acceptors (Lipinski definition) is 4. The summed E-state index contributed by atoms with van der Waals surface area (Å²) in [5.74, 6) is -1.65. The Kier molecular flexibility index (Phi) is 5.15. The van der Waals surface area contributed by atoms with Crippen LogP contribution in [0.5, 0.6) is 0 Å². The van der Waals surface area contributed by atoms with Gasteiger partial charge in [0, 0.05) is 38.1 Å². The lowest BCUT2D eigenvalue weighted by Gasteiger charge is -2.51. The lowest BCUT2D eigenvalue weighted by molar-refractivity contribution is -0.206. The fourth-order valence-corrected chi connectivity index (χ4v) is 4.96. The first-order valence-electron chi connectivity index (χ1n) is 10.7. The highest BCUT2D eigenvalue weighted by Gasteiger charge is 2.71. The van der Waals surface area contributed by atoms with E-state index in [0.29, 0.717) is 19.6 Å². The molecular formula is C23H29F3N2O3. The number of benzene rings is 1. The molecule has 1 aromatic carbocycles. The van der Waals surface area contributed by atoms with Crippen LogP contribution in [-0.4, -0.2) is 59.6 Å². The van der Waals surface area contributed by atoms with Crippen LogP contribution in [0.3, 0.4) is 0 Å². The number of ether oxygens (including phenoxy) is 1. The molecule has 3 aliphatic rings. The highest BCUT2D eigenvalue weighted by atomic mass is 19.4. The number of carbonyl (C=O) groups is 2. The van der Waals surface area contributed by atoms with E-state index in [1.807, 2.05) is 30.3 Å². The Morgan fingerprint density at radius 3 is 2.19 bits per heavy atom. The summed E-state index contributed by atoms with van der Waals surface area (Å²) in [4.78, 5) is 29.1. The number of alkyl halides is 3. The molecule has 0 N–H and O–H groups in total. The number of likely N-dealkylation sites (tertiary alicyclic amines) is 2. The van der Waals surface area contributed by atoms with Crippen LogP contribution in [0.25, 0.3) is 0 Å². The molecule has 2 heterocycles. The summed E-state index contributed by atoms with van der Waals surface area (Å²) in [6, 6.07) is 9.84. The van der Waals surface area contributed by atoms with Gasteiger partial charge in [0.1, 0.15) is 11.0 Å². The highest BCUT2D eigenvalue weighted by molar-refractivity contribution is 5.87. The van der Waals surface area contributed by atoms with E-state index in [1.54, 1.807) is 20.8 Å². The van der Waals surface area contributed by atoms with Crippen LogP contribution in [0.4, 0.5) is 13.2 Å². The normalized spacial score (nSPS) is 24.7. The van der Waals surface area contributed by atoms with Gasteiger partial charge in [0.05, 0.1) is 5.92 Å². The minimum atomic E-state index is -4.52. The lowest BCUT2D eigenvalue weighted by Crippen LogP contribution is -2.65. The van der Waals surface area contributed by atoms with Gasteiger partial charge in [-0.05, 0) is 39.2 Å². The summed E-state index contributed by atoms with van der Waals surface area (Å²) in [7, 11) is 0. The maximum absolute atomic E-state index is 13.4. The molecular weight excluding hydrogens is 409 g/mol. The molecule has 1 saturated carbocycles. The van der Waals surface area contributed by atoms with Crippen LogP contribution in [0.15, 0.2) is 30.3 Å². The predicted octanol–water partition coefficient (Wildman–Crippen LogP) is 3.63. The van der Waals surface area contributed by atoms with Gasteiger partial charge in [-0.2, -0.15) is 13.2 Å². The molecule has 0 unspecified atom stereocenters. The number of rotatable bonds is 4. The van der Waals surface area contributed by atoms with E-state index in [2.05, 4.69) is 4.90 Å². The second kappa shape index (κ2) is 7.22. The molecule has 1 spiro atoms. The van der Waals surface area contributed by atoms with Gasteiger partial charge in [0.15, 0.2) is 0 Å². The minimum absolute atomic E-state index is 0.144. The van der Waals surface area contributed by atoms with Crippen molar-refractivity contribution in [2.45, 2.75) is 51.9 Å². The van der Waals surface area contributed by atoms with E-state index in [4.69, 9.17) is 4.74 Å². The topological polar surface area (TPSA) is 49.9 Å². The first kappa shape index (κ1) is 22.1. The quantitative estimate of drug-likeness (QED) is 0.674. The molecule has 4 rings (SSSR count). The van der Waals surface area contributed by atoms with E-state index in [1.165, 1.54) is 4.90 Å². The fourth-order valence-electron chi connectivity index (χ4n) is 4.96. The summed E-state index contributed by atoms with van der Waals surface area (Å²) >= 11 is 0. The maximum atomic E-state index is 13.4. The Hall–Kier alpha value is -2.09. The summed E-state index contributed by atoms with van der Waals surface area (Å²) in [5.41, 5.74) is -2.32. The molecule has 0 aromatic heterocycles.